The lowest BCUT2D eigenvalue weighted by Gasteiger charge is -2.46. The molecule has 1 saturated heterocycles. The number of amides is 1. The Labute approximate surface area is 160 Å². The number of rotatable bonds is 4. The predicted octanol–water partition coefficient (Wildman–Crippen LogP) is 2.22. The number of likely N-dealkylation sites (tertiary alicyclic amines) is 1. The van der Waals surface area contributed by atoms with E-state index in [1.165, 1.54) is 11.1 Å². The third kappa shape index (κ3) is 3.52. The summed E-state index contributed by atoms with van der Waals surface area (Å²) in [6, 6.07) is 18.2. The fourth-order valence-electron chi connectivity index (χ4n) is 4.72. The van der Waals surface area contributed by atoms with Gasteiger partial charge in [0.2, 0.25) is 5.91 Å². The summed E-state index contributed by atoms with van der Waals surface area (Å²) in [5, 5.41) is 20.9. The molecule has 2 N–H and O–H groups in total. The Morgan fingerprint density at radius 3 is 2.30 bits per heavy atom. The number of piperidine rings is 1. The zero-order valence-corrected chi connectivity index (χ0v) is 15.6. The molecule has 142 valence electrons. The molecule has 27 heavy (non-hydrogen) atoms. The van der Waals surface area contributed by atoms with E-state index < -0.39 is 11.5 Å². The SMILES string of the molecule is O=C(C1Cc2ccccc2C1)N1CCC(O)[C@](CO)(Cc2ccccc2)C1. The Hall–Kier alpha value is -2.17. The molecule has 1 amide bonds. The van der Waals surface area contributed by atoms with Crippen molar-refractivity contribution in [1.82, 2.24) is 4.90 Å². The second kappa shape index (κ2) is 7.45. The van der Waals surface area contributed by atoms with E-state index in [2.05, 4.69) is 12.1 Å². The second-order valence-electron chi connectivity index (χ2n) is 8.12. The van der Waals surface area contributed by atoms with Gasteiger partial charge in [0.05, 0.1) is 12.7 Å². The van der Waals surface area contributed by atoms with Gasteiger partial charge in [0, 0.05) is 24.4 Å². The first-order valence-electron chi connectivity index (χ1n) is 9.80. The smallest absolute Gasteiger partial charge is 0.226 e. The third-order valence-corrected chi connectivity index (χ3v) is 6.31. The van der Waals surface area contributed by atoms with Gasteiger partial charge < -0.3 is 15.1 Å². The summed E-state index contributed by atoms with van der Waals surface area (Å²) in [6.07, 6.45) is 2.06. The third-order valence-electron chi connectivity index (χ3n) is 6.31. The van der Waals surface area contributed by atoms with Crippen molar-refractivity contribution >= 4 is 5.91 Å². The molecule has 4 rings (SSSR count). The standard InChI is InChI=1S/C23H27NO3/c25-16-23(14-17-6-2-1-3-7-17)15-24(11-10-21(23)26)22(27)20-12-18-8-4-5-9-19(18)13-20/h1-9,20-21,25-26H,10-16H2/t21?,23-/m1/s1. The monoisotopic (exact) mass is 365 g/mol. The molecule has 0 saturated carbocycles. The molecule has 0 aromatic heterocycles. The van der Waals surface area contributed by atoms with Crippen molar-refractivity contribution in [1.29, 1.82) is 0 Å². The number of aliphatic hydroxyl groups is 2. The van der Waals surface area contributed by atoms with Crippen molar-refractivity contribution in [2.24, 2.45) is 11.3 Å². The maximum atomic E-state index is 13.2. The van der Waals surface area contributed by atoms with Crippen LogP contribution < -0.4 is 0 Å². The summed E-state index contributed by atoms with van der Waals surface area (Å²) in [5.74, 6) is 0.134. The van der Waals surface area contributed by atoms with Gasteiger partial charge in [0.25, 0.3) is 0 Å². The first-order valence-corrected chi connectivity index (χ1v) is 9.80. The van der Waals surface area contributed by atoms with E-state index >= 15 is 0 Å². The number of carbonyl (C=O) groups excluding carboxylic acids is 1. The number of benzene rings is 2. The molecule has 0 radical (unpaired) electrons. The number of aliphatic hydroxyl groups excluding tert-OH is 2. The number of nitrogens with zero attached hydrogens (tertiary/aromatic N) is 1. The molecule has 2 atom stereocenters. The quantitative estimate of drug-likeness (QED) is 0.873. The first kappa shape index (κ1) is 18.2. The van der Waals surface area contributed by atoms with Crippen LogP contribution in [0, 0.1) is 11.3 Å². The molecule has 1 aliphatic carbocycles. The largest absolute Gasteiger partial charge is 0.396 e. The molecule has 2 aromatic rings. The Balaban J connectivity index is 1.50. The Bertz CT molecular complexity index is 781. The highest BCUT2D eigenvalue weighted by Gasteiger charge is 2.45. The van der Waals surface area contributed by atoms with Gasteiger partial charge in [-0.05, 0) is 42.4 Å². The molecule has 2 aliphatic rings. The van der Waals surface area contributed by atoms with Crippen LogP contribution in [-0.2, 0) is 24.1 Å². The van der Waals surface area contributed by atoms with Crippen molar-refractivity contribution in [2.75, 3.05) is 19.7 Å². The average Bonchev–Trinajstić information content (AvgIpc) is 3.14. The van der Waals surface area contributed by atoms with Gasteiger partial charge in [-0.25, -0.2) is 0 Å². The highest BCUT2D eigenvalue weighted by Crippen LogP contribution is 2.36. The van der Waals surface area contributed by atoms with Gasteiger partial charge in [-0.2, -0.15) is 0 Å². The van der Waals surface area contributed by atoms with E-state index in [0.717, 1.165) is 18.4 Å². The van der Waals surface area contributed by atoms with Crippen molar-refractivity contribution in [3.05, 3.63) is 71.3 Å². The minimum absolute atomic E-state index is 0.0224. The summed E-state index contributed by atoms with van der Waals surface area (Å²) in [4.78, 5) is 15.1. The molecule has 2 aromatic carbocycles. The van der Waals surface area contributed by atoms with E-state index in [1.807, 2.05) is 47.4 Å². The molecule has 0 bridgehead atoms. The molecule has 4 nitrogen and oxygen atoms in total. The molecule has 1 unspecified atom stereocenters. The summed E-state index contributed by atoms with van der Waals surface area (Å²) in [6.45, 7) is 0.840. The maximum absolute atomic E-state index is 13.2. The minimum Gasteiger partial charge on any atom is -0.396 e. The van der Waals surface area contributed by atoms with Crippen molar-refractivity contribution in [3.8, 4) is 0 Å². The summed E-state index contributed by atoms with van der Waals surface area (Å²) < 4.78 is 0. The van der Waals surface area contributed by atoms with Crippen LogP contribution >= 0.6 is 0 Å². The molecule has 4 heteroatoms. The highest BCUT2D eigenvalue weighted by molar-refractivity contribution is 5.80. The van der Waals surface area contributed by atoms with Gasteiger partial charge >= 0.3 is 0 Å². The fourth-order valence-corrected chi connectivity index (χ4v) is 4.72. The normalized spacial score (nSPS) is 25.4. The lowest BCUT2D eigenvalue weighted by Crippen LogP contribution is -2.57. The summed E-state index contributed by atoms with van der Waals surface area (Å²) in [5.41, 5.74) is 2.92. The van der Waals surface area contributed by atoms with E-state index in [0.29, 0.717) is 25.9 Å². The lowest BCUT2D eigenvalue weighted by atomic mass is 9.73. The summed E-state index contributed by atoms with van der Waals surface area (Å²) >= 11 is 0. The zero-order chi connectivity index (χ0) is 18.9. The fraction of sp³-hybridized carbons (Fsp3) is 0.435. The van der Waals surface area contributed by atoms with Crippen LogP contribution in [0.1, 0.15) is 23.1 Å². The van der Waals surface area contributed by atoms with Gasteiger partial charge in [0.1, 0.15) is 0 Å². The molecule has 1 fully saturated rings. The van der Waals surface area contributed by atoms with Crippen LogP contribution in [-0.4, -0.2) is 46.8 Å². The van der Waals surface area contributed by atoms with Crippen LogP contribution in [0.2, 0.25) is 0 Å². The lowest BCUT2D eigenvalue weighted by molar-refractivity contribution is -0.145. The Morgan fingerprint density at radius 1 is 1.04 bits per heavy atom. The molecule has 1 aliphatic heterocycles. The van der Waals surface area contributed by atoms with Gasteiger partial charge in [-0.15, -0.1) is 0 Å². The Morgan fingerprint density at radius 2 is 1.67 bits per heavy atom. The second-order valence-corrected chi connectivity index (χ2v) is 8.12. The highest BCUT2D eigenvalue weighted by atomic mass is 16.3. The number of hydrogen-bond acceptors (Lipinski definition) is 3. The van der Waals surface area contributed by atoms with Crippen LogP contribution in [0.4, 0.5) is 0 Å². The van der Waals surface area contributed by atoms with Crippen LogP contribution in [0.3, 0.4) is 0 Å². The molecular formula is C23H27NO3. The van der Waals surface area contributed by atoms with Gasteiger partial charge in [0.15, 0.2) is 0 Å². The van der Waals surface area contributed by atoms with Crippen LogP contribution in [0.25, 0.3) is 0 Å². The first-order chi connectivity index (χ1) is 13.1. The predicted molar refractivity (Wildman–Crippen MR) is 104 cm³/mol. The van der Waals surface area contributed by atoms with Gasteiger partial charge in [-0.1, -0.05) is 54.6 Å². The number of hydrogen-bond donors (Lipinski definition) is 2. The van der Waals surface area contributed by atoms with Crippen molar-refractivity contribution in [3.63, 3.8) is 0 Å². The van der Waals surface area contributed by atoms with Crippen molar-refractivity contribution in [2.45, 2.75) is 31.8 Å². The van der Waals surface area contributed by atoms with E-state index in [-0.39, 0.29) is 18.4 Å². The topological polar surface area (TPSA) is 60.8 Å². The minimum atomic E-state index is -0.694. The van der Waals surface area contributed by atoms with E-state index in [4.69, 9.17) is 0 Å². The Kier molecular flexibility index (Phi) is 5.02. The number of fused-ring (bicyclic) bond motifs is 1. The molecule has 1 heterocycles. The zero-order valence-electron chi connectivity index (χ0n) is 15.6. The molecule has 0 spiro atoms. The van der Waals surface area contributed by atoms with Crippen molar-refractivity contribution < 1.29 is 15.0 Å². The average molecular weight is 365 g/mol. The maximum Gasteiger partial charge on any atom is 0.226 e. The van der Waals surface area contributed by atoms with E-state index in [9.17, 15) is 15.0 Å². The van der Waals surface area contributed by atoms with Crippen LogP contribution in [0.15, 0.2) is 54.6 Å². The van der Waals surface area contributed by atoms with E-state index in [1.54, 1.807) is 0 Å². The summed E-state index contributed by atoms with van der Waals surface area (Å²) in [7, 11) is 0. The number of carbonyl (C=O) groups is 1. The van der Waals surface area contributed by atoms with Gasteiger partial charge in [-0.3, -0.25) is 4.79 Å². The molecular weight excluding hydrogens is 338 g/mol. The van der Waals surface area contributed by atoms with Crippen LogP contribution in [0.5, 0.6) is 0 Å².